The van der Waals surface area contributed by atoms with Crippen molar-refractivity contribution < 1.29 is 14.7 Å². The van der Waals surface area contributed by atoms with E-state index in [2.05, 4.69) is 9.80 Å². The molecule has 26 heavy (non-hydrogen) atoms. The second-order valence-electron chi connectivity index (χ2n) is 10.1. The van der Waals surface area contributed by atoms with E-state index >= 15 is 0 Å². The van der Waals surface area contributed by atoms with E-state index in [-0.39, 0.29) is 5.41 Å². The molecule has 2 spiro atoms. The lowest BCUT2D eigenvalue weighted by Gasteiger charge is -2.59. The fourth-order valence-electron chi connectivity index (χ4n) is 7.02. The molecule has 6 rings (SSSR count). The van der Waals surface area contributed by atoms with Gasteiger partial charge in [-0.1, -0.05) is 0 Å². The molecule has 1 unspecified atom stereocenters. The van der Waals surface area contributed by atoms with E-state index < -0.39 is 6.09 Å². The van der Waals surface area contributed by atoms with Crippen LogP contribution in [0.15, 0.2) is 0 Å². The summed E-state index contributed by atoms with van der Waals surface area (Å²) >= 11 is 0. The fourth-order valence-corrected chi connectivity index (χ4v) is 7.02. The number of carboxylic acid groups (broad SMARTS) is 1. The number of hydrogen-bond acceptors (Lipinski definition) is 3. The molecule has 2 amide bonds. The van der Waals surface area contributed by atoms with Crippen LogP contribution in [0.25, 0.3) is 0 Å². The van der Waals surface area contributed by atoms with Gasteiger partial charge in [-0.25, -0.2) is 4.79 Å². The molecular formula is C20H29N3O3. The van der Waals surface area contributed by atoms with Gasteiger partial charge in [0.05, 0.1) is 0 Å². The Morgan fingerprint density at radius 2 is 1.69 bits per heavy atom. The van der Waals surface area contributed by atoms with Gasteiger partial charge < -0.3 is 14.9 Å². The number of nitrogens with zero attached hydrogens (tertiary/aromatic N) is 3. The third kappa shape index (κ3) is 1.97. The van der Waals surface area contributed by atoms with Crippen molar-refractivity contribution in [2.75, 3.05) is 32.7 Å². The van der Waals surface area contributed by atoms with Crippen molar-refractivity contribution in [2.24, 2.45) is 23.2 Å². The van der Waals surface area contributed by atoms with E-state index in [9.17, 15) is 14.7 Å². The highest BCUT2D eigenvalue weighted by molar-refractivity contribution is 5.84. The molecule has 0 aromatic carbocycles. The molecule has 3 aliphatic heterocycles. The van der Waals surface area contributed by atoms with Crippen molar-refractivity contribution in [2.45, 2.75) is 56.5 Å². The molecule has 0 aromatic rings. The van der Waals surface area contributed by atoms with Crippen molar-refractivity contribution >= 4 is 12.0 Å². The Balaban J connectivity index is 1.01. The summed E-state index contributed by atoms with van der Waals surface area (Å²) in [5.74, 6) is 2.02. The van der Waals surface area contributed by atoms with Gasteiger partial charge in [0.15, 0.2) is 0 Å². The highest BCUT2D eigenvalue weighted by atomic mass is 16.4. The molecule has 6 aliphatic rings. The van der Waals surface area contributed by atoms with Gasteiger partial charge in [0.2, 0.25) is 5.91 Å². The molecule has 0 radical (unpaired) electrons. The predicted octanol–water partition coefficient (Wildman–Crippen LogP) is 1.85. The second kappa shape index (κ2) is 4.94. The minimum Gasteiger partial charge on any atom is -0.465 e. The summed E-state index contributed by atoms with van der Waals surface area (Å²) in [6, 6.07) is 0.634. The van der Waals surface area contributed by atoms with Crippen molar-refractivity contribution in [3.63, 3.8) is 0 Å². The number of carbonyl (C=O) groups excluding carboxylic acids is 1. The number of likely N-dealkylation sites (tertiary alicyclic amines) is 3. The van der Waals surface area contributed by atoms with E-state index in [0.29, 0.717) is 41.8 Å². The Morgan fingerprint density at radius 1 is 0.962 bits per heavy atom. The molecule has 142 valence electrons. The molecule has 3 aliphatic carbocycles. The Bertz CT molecular complexity index is 652. The maximum Gasteiger partial charge on any atom is 0.407 e. The van der Waals surface area contributed by atoms with Gasteiger partial charge in [0, 0.05) is 50.2 Å². The van der Waals surface area contributed by atoms with Crippen molar-refractivity contribution in [1.82, 2.24) is 14.7 Å². The summed E-state index contributed by atoms with van der Waals surface area (Å²) < 4.78 is 0. The van der Waals surface area contributed by atoms with Crippen LogP contribution in [0.2, 0.25) is 0 Å². The van der Waals surface area contributed by atoms with Crippen LogP contribution in [0, 0.1) is 23.2 Å². The van der Waals surface area contributed by atoms with Crippen molar-refractivity contribution in [3.05, 3.63) is 0 Å². The highest BCUT2D eigenvalue weighted by Crippen LogP contribution is 2.59. The van der Waals surface area contributed by atoms with Crippen molar-refractivity contribution in [1.29, 1.82) is 0 Å². The number of fused-ring (bicyclic) bond motifs is 1. The molecule has 3 saturated heterocycles. The fraction of sp³-hybridized carbons (Fsp3) is 0.900. The zero-order chi connectivity index (χ0) is 17.7. The van der Waals surface area contributed by atoms with E-state index in [4.69, 9.17) is 0 Å². The third-order valence-electron chi connectivity index (χ3n) is 8.99. The maximum atomic E-state index is 12.9. The van der Waals surface area contributed by atoms with Crippen LogP contribution in [0.5, 0.6) is 0 Å². The summed E-state index contributed by atoms with van der Waals surface area (Å²) in [5, 5.41) is 9.17. The number of carbonyl (C=O) groups is 2. The first-order valence-corrected chi connectivity index (χ1v) is 10.5. The van der Waals surface area contributed by atoms with Gasteiger partial charge in [-0.05, 0) is 62.2 Å². The second-order valence-corrected chi connectivity index (χ2v) is 10.1. The predicted molar refractivity (Wildman–Crippen MR) is 94.6 cm³/mol. The lowest BCUT2D eigenvalue weighted by atomic mass is 9.64. The maximum absolute atomic E-state index is 12.9. The number of hydrogen-bond donors (Lipinski definition) is 1. The Hall–Kier alpha value is -1.30. The van der Waals surface area contributed by atoms with Crippen LogP contribution in [-0.4, -0.2) is 76.1 Å². The van der Waals surface area contributed by atoms with Gasteiger partial charge in [-0.2, -0.15) is 0 Å². The SMILES string of the molecule is O=C(O)N1CCC2(CC(N3C[C@@H]4C(C(=O)N5CCC56CCC6)[C@@H]4C3)C2)C1. The normalized spacial score (nSPS) is 45.2. The summed E-state index contributed by atoms with van der Waals surface area (Å²) in [5.41, 5.74) is 0.561. The molecular weight excluding hydrogens is 330 g/mol. The average Bonchev–Trinajstić information content (AvgIpc) is 2.86. The van der Waals surface area contributed by atoms with Gasteiger partial charge >= 0.3 is 6.09 Å². The minimum absolute atomic E-state index is 0.263. The standard InChI is InChI=1S/C20H29N3O3/c24-17(23-7-5-20(23)2-1-3-20)16-14-10-22(11-15(14)16)13-8-19(9-13)4-6-21(12-19)18(25)26/h13-16H,1-12H2,(H,25,26)/t13?,14-,15+,16?,19?. The lowest BCUT2D eigenvalue weighted by molar-refractivity contribution is -0.158. The first kappa shape index (κ1) is 15.7. The molecule has 3 heterocycles. The number of rotatable bonds is 2. The van der Waals surface area contributed by atoms with Gasteiger partial charge in [0.25, 0.3) is 0 Å². The Labute approximate surface area is 154 Å². The first-order valence-electron chi connectivity index (χ1n) is 10.5. The van der Waals surface area contributed by atoms with Crippen LogP contribution in [0.1, 0.15) is 44.9 Å². The van der Waals surface area contributed by atoms with E-state index in [1.165, 1.54) is 25.7 Å². The largest absolute Gasteiger partial charge is 0.465 e. The monoisotopic (exact) mass is 359 g/mol. The highest BCUT2D eigenvalue weighted by Gasteiger charge is 2.65. The molecule has 0 bridgehead atoms. The molecule has 0 aromatic heterocycles. The summed E-state index contributed by atoms with van der Waals surface area (Å²) in [6.07, 6.45) is 7.62. The van der Waals surface area contributed by atoms with Gasteiger partial charge in [0.1, 0.15) is 0 Å². The quantitative estimate of drug-likeness (QED) is 0.817. The van der Waals surface area contributed by atoms with Crippen LogP contribution in [0.4, 0.5) is 4.79 Å². The third-order valence-corrected chi connectivity index (χ3v) is 8.99. The first-order chi connectivity index (χ1) is 12.5. The molecule has 1 N–H and O–H groups in total. The lowest BCUT2D eigenvalue weighted by Crippen LogP contribution is -2.66. The van der Waals surface area contributed by atoms with E-state index in [0.717, 1.165) is 45.4 Å². The summed E-state index contributed by atoms with van der Waals surface area (Å²) in [7, 11) is 0. The van der Waals surface area contributed by atoms with Crippen LogP contribution >= 0.6 is 0 Å². The van der Waals surface area contributed by atoms with Crippen LogP contribution < -0.4 is 0 Å². The van der Waals surface area contributed by atoms with Crippen LogP contribution in [-0.2, 0) is 4.79 Å². The van der Waals surface area contributed by atoms with E-state index in [1.807, 2.05) is 0 Å². The van der Waals surface area contributed by atoms with Crippen molar-refractivity contribution in [3.8, 4) is 0 Å². The number of piperidine rings is 1. The molecule has 6 fully saturated rings. The minimum atomic E-state index is -0.760. The van der Waals surface area contributed by atoms with Gasteiger partial charge in [-0.3, -0.25) is 9.69 Å². The number of amides is 2. The molecule has 6 nitrogen and oxygen atoms in total. The Morgan fingerprint density at radius 3 is 2.19 bits per heavy atom. The smallest absolute Gasteiger partial charge is 0.407 e. The molecule has 6 heteroatoms. The van der Waals surface area contributed by atoms with Crippen LogP contribution in [0.3, 0.4) is 0 Å². The van der Waals surface area contributed by atoms with E-state index in [1.54, 1.807) is 4.90 Å². The molecule has 3 atom stereocenters. The zero-order valence-electron chi connectivity index (χ0n) is 15.4. The summed E-state index contributed by atoms with van der Waals surface area (Å²) in [6.45, 7) is 4.65. The average molecular weight is 359 g/mol. The molecule has 3 saturated carbocycles. The summed E-state index contributed by atoms with van der Waals surface area (Å²) in [4.78, 5) is 30.5. The zero-order valence-corrected chi connectivity index (χ0v) is 15.4. The van der Waals surface area contributed by atoms with Gasteiger partial charge in [-0.15, -0.1) is 0 Å². The topological polar surface area (TPSA) is 64.1 Å². The Kier molecular flexibility index (Phi) is 2.99.